The van der Waals surface area contributed by atoms with Gasteiger partial charge in [-0.05, 0) is 35.6 Å². The molecule has 0 radical (unpaired) electrons. The maximum atomic E-state index is 12.6. The number of ketones is 1. The molecule has 0 unspecified atom stereocenters. The molecular formula is C17H17ClO2S. The Bertz CT molecular complexity index is 663. The summed E-state index contributed by atoms with van der Waals surface area (Å²) in [6.45, 7) is 4.82. The summed E-state index contributed by atoms with van der Waals surface area (Å²) >= 11 is 7.65. The normalized spacial score (nSPS) is 20.4. The lowest BCUT2D eigenvalue weighted by Gasteiger charge is -2.31. The van der Waals surface area contributed by atoms with Crippen molar-refractivity contribution in [3.05, 3.63) is 51.2 Å². The Morgan fingerprint density at radius 2 is 2.24 bits per heavy atom. The predicted octanol–water partition coefficient (Wildman–Crippen LogP) is 4.96. The number of rotatable bonds is 4. The van der Waals surface area contributed by atoms with Crippen LogP contribution in [-0.2, 0) is 5.41 Å². The molecule has 0 bridgehead atoms. The molecule has 2 aromatic rings. The van der Waals surface area contributed by atoms with Crippen molar-refractivity contribution in [1.82, 2.24) is 0 Å². The largest absolute Gasteiger partial charge is 0.492 e. The van der Waals surface area contributed by atoms with Crippen LogP contribution in [0, 0.1) is 5.92 Å². The summed E-state index contributed by atoms with van der Waals surface area (Å²) in [7, 11) is 0. The highest BCUT2D eigenvalue weighted by molar-refractivity contribution is 7.12. The van der Waals surface area contributed by atoms with Crippen LogP contribution in [0.2, 0.25) is 5.02 Å². The van der Waals surface area contributed by atoms with Gasteiger partial charge in [0.1, 0.15) is 5.75 Å². The van der Waals surface area contributed by atoms with E-state index in [4.69, 9.17) is 16.3 Å². The third kappa shape index (κ3) is 2.49. The van der Waals surface area contributed by atoms with Gasteiger partial charge >= 0.3 is 0 Å². The molecule has 2 nitrogen and oxygen atoms in total. The van der Waals surface area contributed by atoms with E-state index in [1.165, 1.54) is 11.3 Å². The summed E-state index contributed by atoms with van der Waals surface area (Å²) < 4.78 is 5.84. The number of hydrogen-bond acceptors (Lipinski definition) is 3. The molecule has 0 N–H and O–H groups in total. The summed E-state index contributed by atoms with van der Waals surface area (Å²) in [6.07, 6.45) is 0.457. The Kier molecular flexibility index (Phi) is 3.80. The van der Waals surface area contributed by atoms with Gasteiger partial charge in [0, 0.05) is 22.4 Å². The number of ether oxygens (including phenoxy) is 1. The van der Waals surface area contributed by atoms with Gasteiger partial charge in [0.2, 0.25) is 0 Å². The second kappa shape index (κ2) is 5.47. The summed E-state index contributed by atoms with van der Waals surface area (Å²) in [6, 6.07) is 9.48. The molecule has 1 atom stereocenters. The van der Waals surface area contributed by atoms with Crippen LogP contribution in [0.4, 0.5) is 0 Å². The lowest BCUT2D eigenvalue weighted by Crippen LogP contribution is -2.36. The maximum absolute atomic E-state index is 12.6. The molecule has 1 aliphatic rings. The highest BCUT2D eigenvalue weighted by Gasteiger charge is 2.45. The fourth-order valence-electron chi connectivity index (χ4n) is 2.94. The molecule has 1 aromatic heterocycles. The average molecular weight is 321 g/mol. The summed E-state index contributed by atoms with van der Waals surface area (Å²) in [5.41, 5.74) is 0.774. The van der Waals surface area contributed by atoms with Gasteiger partial charge in [0.15, 0.2) is 5.78 Å². The smallest absolute Gasteiger partial charge is 0.173 e. The van der Waals surface area contributed by atoms with Crippen LogP contribution >= 0.6 is 22.9 Å². The number of thiophene rings is 1. The average Bonchev–Trinajstić information content (AvgIpc) is 3.07. The van der Waals surface area contributed by atoms with E-state index in [0.29, 0.717) is 24.0 Å². The number of halogens is 1. The molecule has 0 saturated heterocycles. The van der Waals surface area contributed by atoms with Crippen LogP contribution in [0.5, 0.6) is 5.75 Å². The van der Waals surface area contributed by atoms with E-state index in [2.05, 4.69) is 13.8 Å². The molecule has 1 aliphatic heterocycles. The van der Waals surface area contributed by atoms with Crippen LogP contribution in [0.3, 0.4) is 0 Å². The minimum Gasteiger partial charge on any atom is -0.492 e. The third-order valence-electron chi connectivity index (χ3n) is 4.34. The Hall–Kier alpha value is -1.32. The standard InChI is InChI=1S/C17H17ClO2S/c1-11(2)17(9-14(19)16-4-3-7-21-16)10-20-15-6-5-12(18)8-13(15)17/h3-8,11H,9-10H2,1-2H3/t17-/m0/s1. The van der Waals surface area contributed by atoms with Crippen molar-refractivity contribution in [3.8, 4) is 5.75 Å². The van der Waals surface area contributed by atoms with Crippen molar-refractivity contribution in [2.45, 2.75) is 25.7 Å². The zero-order valence-corrected chi connectivity index (χ0v) is 13.6. The van der Waals surface area contributed by atoms with Crippen LogP contribution in [0.15, 0.2) is 35.7 Å². The molecule has 1 aromatic carbocycles. The molecule has 3 rings (SSSR count). The van der Waals surface area contributed by atoms with Crippen LogP contribution in [0.1, 0.15) is 35.5 Å². The van der Waals surface area contributed by atoms with E-state index in [-0.39, 0.29) is 11.2 Å². The summed E-state index contributed by atoms with van der Waals surface area (Å²) in [4.78, 5) is 13.4. The Balaban J connectivity index is 2.00. The second-order valence-electron chi connectivity index (χ2n) is 5.82. The molecule has 21 heavy (non-hydrogen) atoms. The fraction of sp³-hybridized carbons (Fsp3) is 0.353. The van der Waals surface area contributed by atoms with E-state index in [9.17, 15) is 4.79 Å². The predicted molar refractivity (Wildman–Crippen MR) is 86.7 cm³/mol. The lowest BCUT2D eigenvalue weighted by atomic mass is 9.70. The summed E-state index contributed by atoms with van der Waals surface area (Å²) in [5, 5.41) is 2.62. The van der Waals surface area contributed by atoms with Crippen molar-refractivity contribution in [3.63, 3.8) is 0 Å². The van der Waals surface area contributed by atoms with E-state index in [0.717, 1.165) is 16.2 Å². The number of carbonyl (C=O) groups is 1. The Morgan fingerprint density at radius 3 is 2.90 bits per heavy atom. The van der Waals surface area contributed by atoms with Crippen molar-refractivity contribution in [2.24, 2.45) is 5.92 Å². The van der Waals surface area contributed by atoms with E-state index in [1.54, 1.807) is 0 Å². The molecule has 110 valence electrons. The van der Waals surface area contributed by atoms with Gasteiger partial charge in [-0.3, -0.25) is 4.79 Å². The van der Waals surface area contributed by atoms with Gasteiger partial charge < -0.3 is 4.74 Å². The van der Waals surface area contributed by atoms with Crippen molar-refractivity contribution >= 4 is 28.7 Å². The molecule has 0 aliphatic carbocycles. The summed E-state index contributed by atoms with van der Waals surface area (Å²) in [5.74, 6) is 1.32. The fourth-order valence-corrected chi connectivity index (χ4v) is 3.78. The van der Waals surface area contributed by atoms with Crippen molar-refractivity contribution in [2.75, 3.05) is 6.61 Å². The van der Waals surface area contributed by atoms with Crippen LogP contribution in [0.25, 0.3) is 0 Å². The van der Waals surface area contributed by atoms with Crippen molar-refractivity contribution < 1.29 is 9.53 Å². The SMILES string of the molecule is CC(C)[C@]1(CC(=O)c2cccs2)COc2ccc(Cl)cc21. The van der Waals surface area contributed by atoms with Gasteiger partial charge in [0.25, 0.3) is 0 Å². The number of Topliss-reactive ketones (excluding diaryl/α,β-unsaturated/α-hetero) is 1. The molecular weight excluding hydrogens is 304 g/mol. The first-order valence-electron chi connectivity index (χ1n) is 7.02. The molecule has 0 spiro atoms. The zero-order valence-electron chi connectivity index (χ0n) is 12.1. The molecule has 4 heteroatoms. The molecule has 2 heterocycles. The highest BCUT2D eigenvalue weighted by atomic mass is 35.5. The number of carbonyl (C=O) groups excluding carboxylic acids is 1. The Morgan fingerprint density at radius 1 is 1.43 bits per heavy atom. The van der Waals surface area contributed by atoms with Gasteiger partial charge in [-0.1, -0.05) is 31.5 Å². The van der Waals surface area contributed by atoms with Gasteiger partial charge in [0.05, 0.1) is 11.5 Å². The topological polar surface area (TPSA) is 26.3 Å². The van der Waals surface area contributed by atoms with E-state index >= 15 is 0 Å². The first-order chi connectivity index (χ1) is 10.0. The Labute approximate surface area is 133 Å². The third-order valence-corrected chi connectivity index (χ3v) is 5.49. The first kappa shape index (κ1) is 14.6. The second-order valence-corrected chi connectivity index (χ2v) is 7.20. The van der Waals surface area contributed by atoms with Gasteiger partial charge in [-0.25, -0.2) is 0 Å². The van der Waals surface area contributed by atoms with Crippen molar-refractivity contribution in [1.29, 1.82) is 0 Å². The number of fused-ring (bicyclic) bond motifs is 1. The first-order valence-corrected chi connectivity index (χ1v) is 8.28. The van der Waals surface area contributed by atoms with E-state index < -0.39 is 0 Å². The van der Waals surface area contributed by atoms with Gasteiger partial charge in [-0.15, -0.1) is 11.3 Å². The maximum Gasteiger partial charge on any atom is 0.173 e. The molecule has 0 fully saturated rings. The molecule has 0 saturated carbocycles. The van der Waals surface area contributed by atoms with Crippen LogP contribution < -0.4 is 4.74 Å². The lowest BCUT2D eigenvalue weighted by molar-refractivity contribution is 0.0911. The number of benzene rings is 1. The minimum absolute atomic E-state index is 0.176. The van der Waals surface area contributed by atoms with Crippen LogP contribution in [-0.4, -0.2) is 12.4 Å². The number of hydrogen-bond donors (Lipinski definition) is 0. The quantitative estimate of drug-likeness (QED) is 0.744. The minimum atomic E-state index is -0.290. The monoisotopic (exact) mass is 320 g/mol. The highest BCUT2D eigenvalue weighted by Crippen LogP contribution is 2.47. The van der Waals surface area contributed by atoms with Gasteiger partial charge in [-0.2, -0.15) is 0 Å². The zero-order chi connectivity index (χ0) is 15.0. The van der Waals surface area contributed by atoms with E-state index in [1.807, 2.05) is 35.7 Å². The molecule has 0 amide bonds.